The van der Waals surface area contributed by atoms with Gasteiger partial charge in [0.1, 0.15) is 11.2 Å². The number of anilines is 3. The molecule has 240 valence electrons. The predicted octanol–water partition coefficient (Wildman–Crippen LogP) is 13.3. The van der Waals surface area contributed by atoms with E-state index >= 15 is 0 Å². The average molecular weight is 644 g/mol. The number of nitrogens with zero attached hydrogens (tertiary/aromatic N) is 1. The van der Waals surface area contributed by atoms with Crippen molar-refractivity contribution in [3.8, 4) is 33.4 Å². The highest BCUT2D eigenvalue weighted by molar-refractivity contribution is 6.17. The highest BCUT2D eigenvalue weighted by atomic mass is 16.3. The molecule has 0 unspecified atom stereocenters. The first kappa shape index (κ1) is 29.1. The molecule has 0 fully saturated rings. The van der Waals surface area contributed by atoms with Crippen LogP contribution >= 0.6 is 0 Å². The average Bonchev–Trinajstić information content (AvgIpc) is 3.71. The summed E-state index contributed by atoms with van der Waals surface area (Å²) in [7, 11) is 0. The van der Waals surface area contributed by atoms with Crippen LogP contribution in [0, 0.1) is 0 Å². The third-order valence-corrected chi connectivity index (χ3v) is 11.4. The van der Waals surface area contributed by atoms with Gasteiger partial charge < -0.3 is 9.32 Å². The molecule has 0 radical (unpaired) electrons. The Kier molecular flexibility index (Phi) is 6.01. The zero-order valence-electron chi connectivity index (χ0n) is 28.8. The van der Waals surface area contributed by atoms with Crippen molar-refractivity contribution in [3.63, 3.8) is 0 Å². The van der Waals surface area contributed by atoms with Crippen LogP contribution < -0.4 is 4.90 Å². The number of fused-ring (bicyclic) bond motifs is 9. The second-order valence-electron chi connectivity index (χ2n) is 14.9. The monoisotopic (exact) mass is 643 g/mol. The van der Waals surface area contributed by atoms with Crippen LogP contribution in [0.15, 0.2) is 156 Å². The Balaban J connectivity index is 1.20. The number of para-hydroxylation sites is 2. The van der Waals surface area contributed by atoms with E-state index < -0.39 is 0 Å². The van der Waals surface area contributed by atoms with Crippen LogP contribution in [0.5, 0.6) is 0 Å². The van der Waals surface area contributed by atoms with Crippen LogP contribution in [0.1, 0.15) is 49.9 Å². The highest BCUT2D eigenvalue weighted by Crippen LogP contribution is 2.57. The SMILES string of the molecule is CC1(C)c2ccccc2-c2ccc(N(c3ccccc3)c3ccc4c(c3)C(C)(C)c3cc5oc6ccccc6c5c(-c5ccccc5)c3-4)cc21. The second kappa shape index (κ2) is 10.3. The molecule has 1 aromatic heterocycles. The molecule has 0 bridgehead atoms. The summed E-state index contributed by atoms with van der Waals surface area (Å²) in [5, 5.41) is 2.34. The lowest BCUT2D eigenvalue weighted by atomic mass is 9.81. The maximum absolute atomic E-state index is 6.58. The topological polar surface area (TPSA) is 16.4 Å². The quantitative estimate of drug-likeness (QED) is 0.190. The van der Waals surface area contributed by atoms with E-state index in [4.69, 9.17) is 4.42 Å². The summed E-state index contributed by atoms with van der Waals surface area (Å²) in [6, 6.07) is 55.4. The van der Waals surface area contributed by atoms with Gasteiger partial charge in [0.2, 0.25) is 0 Å². The fraction of sp³-hybridized carbons (Fsp3) is 0.125. The summed E-state index contributed by atoms with van der Waals surface area (Å²) in [6.45, 7) is 9.44. The van der Waals surface area contributed by atoms with Gasteiger partial charge in [-0.1, -0.05) is 131 Å². The fourth-order valence-electron chi connectivity index (χ4n) is 8.96. The van der Waals surface area contributed by atoms with Crippen LogP contribution in [0.3, 0.4) is 0 Å². The van der Waals surface area contributed by atoms with Gasteiger partial charge in [-0.15, -0.1) is 0 Å². The Bertz CT molecular complexity index is 2640. The third kappa shape index (κ3) is 3.96. The van der Waals surface area contributed by atoms with Crippen molar-refractivity contribution >= 4 is 39.0 Å². The molecule has 10 rings (SSSR count). The molecule has 50 heavy (non-hydrogen) atoms. The molecular weight excluding hydrogens is 607 g/mol. The van der Waals surface area contributed by atoms with E-state index in [2.05, 4.69) is 184 Å². The van der Waals surface area contributed by atoms with Crippen LogP contribution in [-0.2, 0) is 10.8 Å². The van der Waals surface area contributed by atoms with Gasteiger partial charge in [0.05, 0.1) is 0 Å². The maximum atomic E-state index is 6.58. The minimum Gasteiger partial charge on any atom is -0.456 e. The Labute approximate surface area is 293 Å². The van der Waals surface area contributed by atoms with Gasteiger partial charge >= 0.3 is 0 Å². The smallest absolute Gasteiger partial charge is 0.136 e. The van der Waals surface area contributed by atoms with Gasteiger partial charge in [0, 0.05) is 44.2 Å². The lowest BCUT2D eigenvalue weighted by molar-refractivity contribution is 0.647. The zero-order chi connectivity index (χ0) is 33.8. The summed E-state index contributed by atoms with van der Waals surface area (Å²) in [4.78, 5) is 2.43. The van der Waals surface area contributed by atoms with Gasteiger partial charge in [0.25, 0.3) is 0 Å². The Morgan fingerprint density at radius 1 is 0.420 bits per heavy atom. The molecule has 7 aromatic carbocycles. The zero-order valence-corrected chi connectivity index (χ0v) is 28.8. The minimum atomic E-state index is -0.249. The summed E-state index contributed by atoms with van der Waals surface area (Å²) in [5.74, 6) is 0. The summed E-state index contributed by atoms with van der Waals surface area (Å²) < 4.78 is 6.58. The molecule has 0 amide bonds. The molecule has 0 saturated carbocycles. The first-order chi connectivity index (χ1) is 24.3. The van der Waals surface area contributed by atoms with Crippen LogP contribution in [-0.4, -0.2) is 0 Å². The Morgan fingerprint density at radius 3 is 1.76 bits per heavy atom. The van der Waals surface area contributed by atoms with Gasteiger partial charge in [-0.2, -0.15) is 0 Å². The fourth-order valence-corrected chi connectivity index (χ4v) is 8.96. The summed E-state index contributed by atoms with van der Waals surface area (Å²) in [6.07, 6.45) is 0. The van der Waals surface area contributed by atoms with E-state index in [1.54, 1.807) is 0 Å². The van der Waals surface area contributed by atoms with E-state index in [-0.39, 0.29) is 10.8 Å². The molecule has 0 spiro atoms. The van der Waals surface area contributed by atoms with E-state index in [9.17, 15) is 0 Å². The van der Waals surface area contributed by atoms with E-state index in [1.165, 1.54) is 61.0 Å². The van der Waals surface area contributed by atoms with Gasteiger partial charge in [-0.05, 0) is 98.6 Å². The molecule has 2 heteroatoms. The van der Waals surface area contributed by atoms with Crippen LogP contribution in [0.25, 0.3) is 55.3 Å². The number of rotatable bonds is 4. The maximum Gasteiger partial charge on any atom is 0.136 e. The van der Waals surface area contributed by atoms with E-state index in [0.29, 0.717) is 0 Å². The first-order valence-electron chi connectivity index (χ1n) is 17.6. The molecule has 0 N–H and O–H groups in total. The highest BCUT2D eigenvalue weighted by Gasteiger charge is 2.40. The van der Waals surface area contributed by atoms with Crippen LogP contribution in [0.4, 0.5) is 17.1 Å². The second-order valence-corrected chi connectivity index (χ2v) is 14.9. The Morgan fingerprint density at radius 2 is 1.00 bits per heavy atom. The van der Waals surface area contributed by atoms with Crippen molar-refractivity contribution in [1.29, 1.82) is 0 Å². The van der Waals surface area contributed by atoms with Gasteiger partial charge in [-0.3, -0.25) is 0 Å². The molecule has 0 saturated heterocycles. The minimum absolute atomic E-state index is 0.0825. The lowest BCUT2D eigenvalue weighted by Gasteiger charge is -2.29. The van der Waals surface area contributed by atoms with Crippen LogP contribution in [0.2, 0.25) is 0 Å². The van der Waals surface area contributed by atoms with E-state index in [1.807, 2.05) is 0 Å². The Hall–Kier alpha value is -5.86. The van der Waals surface area contributed by atoms with Gasteiger partial charge in [-0.25, -0.2) is 0 Å². The molecule has 2 aliphatic rings. The summed E-state index contributed by atoms with van der Waals surface area (Å²) >= 11 is 0. The molecule has 2 nitrogen and oxygen atoms in total. The summed E-state index contributed by atoms with van der Waals surface area (Å²) in [5.41, 5.74) is 18.1. The van der Waals surface area contributed by atoms with Crippen molar-refractivity contribution in [2.24, 2.45) is 0 Å². The standard InChI is InChI=1S/C48H37NO/c1-47(2)38-21-13-11-19-34(38)35-25-23-32(27-39(35)47)49(31-17-9-6-10-18-31)33-24-26-36-40(28-33)48(3,4)41-29-43-46(37-20-12-14-22-42(37)50-43)44(45(36)41)30-15-7-5-8-16-30/h5-29H,1-4H3. The largest absolute Gasteiger partial charge is 0.456 e. The van der Waals surface area contributed by atoms with Crippen molar-refractivity contribution in [3.05, 3.63) is 174 Å². The van der Waals surface area contributed by atoms with Crippen molar-refractivity contribution in [1.82, 2.24) is 0 Å². The number of benzene rings is 7. The van der Waals surface area contributed by atoms with Crippen molar-refractivity contribution in [2.75, 3.05) is 4.90 Å². The molecule has 8 aromatic rings. The number of hydrogen-bond donors (Lipinski definition) is 0. The lowest BCUT2D eigenvalue weighted by Crippen LogP contribution is -2.18. The molecule has 0 aliphatic heterocycles. The third-order valence-electron chi connectivity index (χ3n) is 11.4. The van der Waals surface area contributed by atoms with Gasteiger partial charge in [0.15, 0.2) is 0 Å². The molecule has 1 heterocycles. The first-order valence-corrected chi connectivity index (χ1v) is 17.6. The molecular formula is C48H37NO. The van der Waals surface area contributed by atoms with Crippen molar-refractivity contribution in [2.45, 2.75) is 38.5 Å². The predicted molar refractivity (Wildman–Crippen MR) is 209 cm³/mol. The van der Waals surface area contributed by atoms with E-state index in [0.717, 1.165) is 33.6 Å². The number of furan rings is 1. The van der Waals surface area contributed by atoms with Crippen molar-refractivity contribution < 1.29 is 4.42 Å². The number of hydrogen-bond acceptors (Lipinski definition) is 2. The molecule has 2 aliphatic carbocycles. The molecule has 0 atom stereocenters. The normalized spacial score (nSPS) is 14.7.